The minimum Gasteiger partial charge on any atom is -0.340 e. The minimum atomic E-state index is -1.16. The van der Waals surface area contributed by atoms with E-state index in [1.807, 2.05) is 60.7 Å². The third-order valence-electron chi connectivity index (χ3n) is 4.83. The van der Waals surface area contributed by atoms with Crippen molar-refractivity contribution < 1.29 is 4.39 Å². The van der Waals surface area contributed by atoms with E-state index < -0.39 is 6.17 Å². The highest BCUT2D eigenvalue weighted by Crippen LogP contribution is 2.29. The summed E-state index contributed by atoms with van der Waals surface area (Å²) in [5, 5.41) is 7.94. The van der Waals surface area contributed by atoms with Gasteiger partial charge in [0.25, 0.3) is 0 Å². The highest BCUT2D eigenvalue weighted by atomic mass is 19.1. The Bertz CT molecular complexity index is 1270. The van der Waals surface area contributed by atoms with Crippen molar-refractivity contribution in [3.63, 3.8) is 0 Å². The molecule has 0 bridgehead atoms. The van der Waals surface area contributed by atoms with Gasteiger partial charge >= 0.3 is 0 Å². The summed E-state index contributed by atoms with van der Waals surface area (Å²) in [4.78, 5) is 8.91. The SMILES string of the molecule is FC1C=CC=CC(c2cc(Nc3ccncc3)n3ncc(-c4ccccc4)c3n2)=C1. The van der Waals surface area contributed by atoms with Crippen LogP contribution in [0.5, 0.6) is 0 Å². The molecule has 5 nitrogen and oxygen atoms in total. The van der Waals surface area contributed by atoms with Gasteiger partial charge in [-0.3, -0.25) is 4.98 Å². The molecular formula is C24H18FN5. The van der Waals surface area contributed by atoms with Crippen molar-refractivity contribution in [2.75, 3.05) is 5.32 Å². The molecular weight excluding hydrogens is 377 g/mol. The van der Waals surface area contributed by atoms with Crippen LogP contribution in [0.2, 0.25) is 0 Å². The van der Waals surface area contributed by atoms with E-state index in [1.54, 1.807) is 35.3 Å². The van der Waals surface area contributed by atoms with Crippen LogP contribution in [-0.4, -0.2) is 25.8 Å². The van der Waals surface area contributed by atoms with Gasteiger partial charge in [-0.2, -0.15) is 9.61 Å². The van der Waals surface area contributed by atoms with Crippen LogP contribution in [0.3, 0.4) is 0 Å². The Labute approximate surface area is 172 Å². The first kappa shape index (κ1) is 18.0. The predicted molar refractivity (Wildman–Crippen MR) is 117 cm³/mol. The van der Waals surface area contributed by atoms with E-state index in [0.29, 0.717) is 16.9 Å². The normalized spacial score (nSPS) is 15.8. The molecule has 1 N–H and O–H groups in total. The number of aromatic nitrogens is 4. The maximum Gasteiger partial charge on any atom is 0.165 e. The number of fused-ring (bicyclic) bond motifs is 1. The lowest BCUT2D eigenvalue weighted by atomic mass is 10.1. The quantitative estimate of drug-likeness (QED) is 0.504. The molecule has 0 saturated carbocycles. The number of hydrogen-bond acceptors (Lipinski definition) is 4. The van der Waals surface area contributed by atoms with Crippen molar-refractivity contribution in [2.24, 2.45) is 0 Å². The van der Waals surface area contributed by atoms with Crippen molar-refractivity contribution in [1.82, 2.24) is 19.6 Å². The van der Waals surface area contributed by atoms with E-state index in [1.165, 1.54) is 6.08 Å². The van der Waals surface area contributed by atoms with Crippen molar-refractivity contribution in [3.05, 3.63) is 103 Å². The molecule has 1 atom stereocenters. The average Bonchev–Trinajstić information content (AvgIpc) is 3.09. The van der Waals surface area contributed by atoms with E-state index >= 15 is 0 Å². The summed E-state index contributed by atoms with van der Waals surface area (Å²) in [7, 11) is 0. The van der Waals surface area contributed by atoms with Crippen molar-refractivity contribution in [2.45, 2.75) is 6.17 Å². The van der Waals surface area contributed by atoms with E-state index in [0.717, 1.165) is 22.6 Å². The number of hydrogen-bond donors (Lipinski definition) is 1. The molecule has 4 aromatic rings. The molecule has 0 spiro atoms. The van der Waals surface area contributed by atoms with Crippen LogP contribution in [0.4, 0.5) is 15.9 Å². The number of nitrogens with zero attached hydrogens (tertiary/aromatic N) is 4. The third kappa shape index (κ3) is 3.51. The summed E-state index contributed by atoms with van der Waals surface area (Å²) < 4.78 is 15.9. The molecule has 1 unspecified atom stereocenters. The van der Waals surface area contributed by atoms with Crippen LogP contribution in [0.15, 0.2) is 97.5 Å². The number of nitrogens with one attached hydrogen (secondary N) is 1. The second-order valence-electron chi connectivity index (χ2n) is 6.86. The number of pyridine rings is 1. The highest BCUT2D eigenvalue weighted by molar-refractivity contribution is 5.82. The largest absolute Gasteiger partial charge is 0.340 e. The number of benzene rings is 1. The maximum absolute atomic E-state index is 14.2. The lowest BCUT2D eigenvalue weighted by Crippen LogP contribution is -2.04. The Kier molecular flexibility index (Phi) is 4.65. The number of rotatable bonds is 4. The van der Waals surface area contributed by atoms with Gasteiger partial charge < -0.3 is 5.32 Å². The summed E-state index contributed by atoms with van der Waals surface area (Å²) in [6.07, 6.45) is 12.5. The Balaban J connectivity index is 1.70. The lowest BCUT2D eigenvalue weighted by molar-refractivity contribution is 0.470. The number of alkyl halides is 1. The second-order valence-corrected chi connectivity index (χ2v) is 6.86. The van der Waals surface area contributed by atoms with Gasteiger partial charge in [0.1, 0.15) is 12.0 Å². The van der Waals surface area contributed by atoms with Gasteiger partial charge in [0.15, 0.2) is 5.65 Å². The van der Waals surface area contributed by atoms with Crippen LogP contribution >= 0.6 is 0 Å². The topological polar surface area (TPSA) is 55.1 Å². The zero-order chi connectivity index (χ0) is 20.3. The first-order valence-corrected chi connectivity index (χ1v) is 9.60. The van der Waals surface area contributed by atoms with Crippen LogP contribution < -0.4 is 5.32 Å². The van der Waals surface area contributed by atoms with Gasteiger partial charge in [-0.25, -0.2) is 9.37 Å². The van der Waals surface area contributed by atoms with Gasteiger partial charge in [0.05, 0.1) is 11.9 Å². The van der Waals surface area contributed by atoms with Crippen LogP contribution in [-0.2, 0) is 0 Å². The fourth-order valence-corrected chi connectivity index (χ4v) is 3.39. The second kappa shape index (κ2) is 7.75. The Morgan fingerprint density at radius 3 is 2.67 bits per heavy atom. The standard InChI is InChI=1S/C24H18FN5/c25-19-9-5-4-8-18(14-19)22-15-23(28-20-10-12-26-13-11-20)30-24(29-22)21(16-27-30)17-6-2-1-3-7-17/h1-16,19H,(H,26,28). The van der Waals surface area contributed by atoms with Gasteiger partial charge in [0, 0.05) is 29.7 Å². The molecule has 146 valence electrons. The lowest BCUT2D eigenvalue weighted by Gasteiger charge is -2.12. The maximum atomic E-state index is 14.2. The molecule has 30 heavy (non-hydrogen) atoms. The molecule has 3 heterocycles. The van der Waals surface area contributed by atoms with Crippen molar-refractivity contribution >= 4 is 22.7 Å². The Hall–Kier alpha value is -4.06. The van der Waals surface area contributed by atoms with Gasteiger partial charge in [-0.1, -0.05) is 48.6 Å². The molecule has 1 aromatic carbocycles. The molecule has 6 heteroatoms. The predicted octanol–water partition coefficient (Wildman–Crippen LogP) is 5.38. The summed E-state index contributed by atoms with van der Waals surface area (Å²) in [5.41, 5.74) is 4.87. The van der Waals surface area contributed by atoms with Crippen molar-refractivity contribution in [1.29, 1.82) is 0 Å². The fraction of sp³-hybridized carbons (Fsp3) is 0.0417. The molecule has 0 saturated heterocycles. The summed E-state index contributed by atoms with van der Waals surface area (Å²) in [6.45, 7) is 0. The summed E-state index contributed by atoms with van der Waals surface area (Å²) in [6, 6.07) is 15.6. The first-order chi connectivity index (χ1) is 14.8. The minimum absolute atomic E-state index is 0.666. The molecule has 0 radical (unpaired) electrons. The molecule has 1 aliphatic carbocycles. The number of allylic oxidation sites excluding steroid dienone is 6. The summed E-state index contributed by atoms with van der Waals surface area (Å²) >= 11 is 0. The Morgan fingerprint density at radius 2 is 1.83 bits per heavy atom. The highest BCUT2D eigenvalue weighted by Gasteiger charge is 2.15. The van der Waals surface area contributed by atoms with Crippen LogP contribution in [0.25, 0.3) is 22.3 Å². The van der Waals surface area contributed by atoms with E-state index in [4.69, 9.17) is 4.98 Å². The molecule has 0 amide bonds. The average molecular weight is 395 g/mol. The molecule has 1 aliphatic rings. The van der Waals surface area contributed by atoms with E-state index in [-0.39, 0.29) is 0 Å². The van der Waals surface area contributed by atoms with E-state index in [2.05, 4.69) is 15.4 Å². The Morgan fingerprint density at radius 1 is 1.00 bits per heavy atom. The van der Waals surface area contributed by atoms with Crippen LogP contribution in [0.1, 0.15) is 5.69 Å². The molecule has 0 aliphatic heterocycles. The zero-order valence-electron chi connectivity index (χ0n) is 16.0. The monoisotopic (exact) mass is 395 g/mol. The number of anilines is 2. The molecule has 3 aromatic heterocycles. The molecule has 5 rings (SSSR count). The summed E-state index contributed by atoms with van der Waals surface area (Å²) in [5.74, 6) is 0.727. The van der Waals surface area contributed by atoms with Gasteiger partial charge in [-0.05, 0) is 35.4 Å². The van der Waals surface area contributed by atoms with E-state index in [9.17, 15) is 4.39 Å². The molecule has 0 fully saturated rings. The fourth-order valence-electron chi connectivity index (χ4n) is 3.39. The zero-order valence-corrected chi connectivity index (χ0v) is 16.0. The third-order valence-corrected chi connectivity index (χ3v) is 4.83. The first-order valence-electron chi connectivity index (χ1n) is 9.60. The van der Waals surface area contributed by atoms with Crippen molar-refractivity contribution in [3.8, 4) is 11.1 Å². The van der Waals surface area contributed by atoms with Gasteiger partial charge in [-0.15, -0.1) is 0 Å². The van der Waals surface area contributed by atoms with Gasteiger partial charge in [0.2, 0.25) is 0 Å². The van der Waals surface area contributed by atoms with Crippen LogP contribution in [0, 0.1) is 0 Å². The smallest absolute Gasteiger partial charge is 0.165 e. The number of halogens is 1.